The number of aromatic nitrogens is 2. The molecule has 1 saturated heterocycles. The van der Waals surface area contributed by atoms with Crippen LogP contribution in [0.1, 0.15) is 12.2 Å². The Labute approximate surface area is 143 Å². The van der Waals surface area contributed by atoms with E-state index in [9.17, 15) is 13.2 Å². The molecule has 132 valence electrons. The van der Waals surface area contributed by atoms with E-state index in [4.69, 9.17) is 14.0 Å². The van der Waals surface area contributed by atoms with E-state index in [1.54, 1.807) is 18.2 Å². The first kappa shape index (κ1) is 15.9. The van der Waals surface area contributed by atoms with Gasteiger partial charge in [0.2, 0.25) is 12.7 Å². The number of amides is 1. The van der Waals surface area contributed by atoms with Gasteiger partial charge in [-0.2, -0.15) is 4.98 Å². The zero-order valence-corrected chi connectivity index (χ0v) is 13.9. The van der Waals surface area contributed by atoms with Gasteiger partial charge in [0.1, 0.15) is 0 Å². The molecule has 2 aromatic rings. The summed E-state index contributed by atoms with van der Waals surface area (Å²) in [6.45, 7) is 0.250. The quantitative estimate of drug-likeness (QED) is 0.832. The normalized spacial score (nSPS) is 20.6. The Balaban J connectivity index is 1.39. The highest BCUT2D eigenvalue weighted by Gasteiger charge is 2.32. The Morgan fingerprint density at radius 3 is 2.92 bits per heavy atom. The molecule has 2 aliphatic heterocycles. The molecule has 1 unspecified atom stereocenters. The van der Waals surface area contributed by atoms with Crippen molar-refractivity contribution in [2.45, 2.75) is 13.0 Å². The van der Waals surface area contributed by atoms with Crippen molar-refractivity contribution in [1.82, 2.24) is 15.5 Å². The van der Waals surface area contributed by atoms with Crippen LogP contribution in [-0.2, 0) is 21.2 Å². The van der Waals surface area contributed by atoms with E-state index in [-0.39, 0.29) is 30.8 Å². The number of carbonyl (C=O) groups excluding carboxylic acids is 1. The minimum atomic E-state index is -3.09. The number of carbonyl (C=O) groups is 1. The molecule has 0 saturated carbocycles. The second kappa shape index (κ2) is 6.03. The molecule has 0 bridgehead atoms. The summed E-state index contributed by atoms with van der Waals surface area (Å²) in [5, 5.41) is 6.47. The fourth-order valence-corrected chi connectivity index (χ4v) is 4.53. The smallest absolute Gasteiger partial charge is 0.258 e. The number of ether oxygens (including phenoxy) is 2. The van der Waals surface area contributed by atoms with Crippen LogP contribution in [0.5, 0.6) is 11.5 Å². The van der Waals surface area contributed by atoms with Gasteiger partial charge in [-0.3, -0.25) is 4.79 Å². The van der Waals surface area contributed by atoms with Crippen LogP contribution in [-0.4, -0.2) is 42.8 Å². The molecule has 2 aliphatic rings. The average molecular weight is 365 g/mol. The maximum Gasteiger partial charge on any atom is 0.258 e. The van der Waals surface area contributed by atoms with Gasteiger partial charge in [0.25, 0.3) is 5.89 Å². The number of fused-ring (bicyclic) bond motifs is 1. The molecule has 0 radical (unpaired) electrons. The van der Waals surface area contributed by atoms with Crippen LogP contribution in [0.25, 0.3) is 11.5 Å². The van der Waals surface area contributed by atoms with E-state index >= 15 is 0 Å². The summed E-state index contributed by atoms with van der Waals surface area (Å²) >= 11 is 0. The zero-order chi connectivity index (χ0) is 17.4. The van der Waals surface area contributed by atoms with Gasteiger partial charge in [0.05, 0.1) is 24.0 Å². The monoisotopic (exact) mass is 365 g/mol. The molecule has 1 aromatic carbocycles. The number of rotatable bonds is 4. The van der Waals surface area contributed by atoms with Gasteiger partial charge in [0, 0.05) is 5.56 Å². The molecule has 3 heterocycles. The van der Waals surface area contributed by atoms with Gasteiger partial charge < -0.3 is 19.3 Å². The van der Waals surface area contributed by atoms with E-state index < -0.39 is 15.8 Å². The highest BCUT2D eigenvalue weighted by molar-refractivity contribution is 7.91. The van der Waals surface area contributed by atoms with Crippen molar-refractivity contribution < 1.29 is 27.2 Å². The molecule has 4 rings (SSSR count). The topological polar surface area (TPSA) is 121 Å². The van der Waals surface area contributed by atoms with Crippen LogP contribution >= 0.6 is 0 Å². The van der Waals surface area contributed by atoms with E-state index in [0.29, 0.717) is 35.2 Å². The number of nitrogens with zero attached hydrogens (tertiary/aromatic N) is 2. The predicted molar refractivity (Wildman–Crippen MR) is 84.5 cm³/mol. The minimum Gasteiger partial charge on any atom is -0.454 e. The Morgan fingerprint density at radius 1 is 1.28 bits per heavy atom. The van der Waals surface area contributed by atoms with Crippen molar-refractivity contribution in [3.05, 3.63) is 24.0 Å². The predicted octanol–water partition coefficient (Wildman–Crippen LogP) is 0.516. The molecule has 9 nitrogen and oxygen atoms in total. The Bertz CT molecular complexity index is 923. The average Bonchev–Trinajstić information content (AvgIpc) is 3.30. The van der Waals surface area contributed by atoms with Crippen LogP contribution in [0.15, 0.2) is 22.7 Å². The van der Waals surface area contributed by atoms with E-state index in [2.05, 4.69) is 15.5 Å². The molecule has 10 heteroatoms. The summed E-state index contributed by atoms with van der Waals surface area (Å²) in [6, 6.07) is 5.26. The molecule has 1 atom stereocenters. The number of sulfone groups is 1. The molecular formula is C15H15N3O6S. The first-order valence-corrected chi connectivity index (χ1v) is 9.53. The van der Waals surface area contributed by atoms with Crippen LogP contribution in [0.3, 0.4) is 0 Å². The van der Waals surface area contributed by atoms with Crippen LogP contribution in [0, 0.1) is 5.92 Å². The summed E-state index contributed by atoms with van der Waals surface area (Å²) in [5.41, 5.74) is 0.677. The fraction of sp³-hybridized carbons (Fsp3) is 0.400. The summed E-state index contributed by atoms with van der Waals surface area (Å²) in [4.78, 5) is 16.2. The van der Waals surface area contributed by atoms with Crippen molar-refractivity contribution in [2.24, 2.45) is 5.92 Å². The molecule has 1 fully saturated rings. The lowest BCUT2D eigenvalue weighted by Crippen LogP contribution is -2.31. The van der Waals surface area contributed by atoms with Gasteiger partial charge in [-0.25, -0.2) is 8.42 Å². The maximum absolute atomic E-state index is 12.0. The molecular weight excluding hydrogens is 350 g/mol. The zero-order valence-electron chi connectivity index (χ0n) is 13.1. The highest BCUT2D eigenvalue weighted by Crippen LogP contribution is 2.35. The summed E-state index contributed by atoms with van der Waals surface area (Å²) in [6.07, 6.45) is 0.350. The first-order chi connectivity index (χ1) is 12.0. The summed E-state index contributed by atoms with van der Waals surface area (Å²) < 4.78 is 38.6. The number of hydrogen-bond donors (Lipinski definition) is 1. The number of hydrogen-bond acceptors (Lipinski definition) is 8. The molecule has 0 spiro atoms. The Morgan fingerprint density at radius 2 is 2.12 bits per heavy atom. The van der Waals surface area contributed by atoms with E-state index in [1.165, 1.54) is 0 Å². The second-order valence-corrected chi connectivity index (χ2v) is 8.13. The SMILES string of the molecule is O=C(NCc1noc(-c2ccc3c(c2)OCO3)n1)C1CCS(=O)(=O)C1. The summed E-state index contributed by atoms with van der Waals surface area (Å²) in [5.74, 6) is 0.999. The molecule has 1 N–H and O–H groups in total. The van der Waals surface area contributed by atoms with Crippen molar-refractivity contribution >= 4 is 15.7 Å². The van der Waals surface area contributed by atoms with Crippen molar-refractivity contribution in [3.8, 4) is 23.0 Å². The van der Waals surface area contributed by atoms with Crippen LogP contribution < -0.4 is 14.8 Å². The number of benzene rings is 1. The van der Waals surface area contributed by atoms with Crippen LogP contribution in [0.4, 0.5) is 0 Å². The van der Waals surface area contributed by atoms with Crippen molar-refractivity contribution in [3.63, 3.8) is 0 Å². The Hall–Kier alpha value is -2.62. The third-order valence-electron chi connectivity index (χ3n) is 4.11. The standard InChI is InChI=1S/C15H15N3O6S/c19-14(10-3-4-25(20,21)7-10)16-6-13-17-15(24-18-13)9-1-2-11-12(5-9)23-8-22-11/h1-2,5,10H,3-4,6-8H2,(H,16,19). The first-order valence-electron chi connectivity index (χ1n) is 7.71. The van der Waals surface area contributed by atoms with Crippen LogP contribution in [0.2, 0.25) is 0 Å². The fourth-order valence-electron chi connectivity index (χ4n) is 2.78. The lowest BCUT2D eigenvalue weighted by atomic mass is 10.1. The summed E-state index contributed by atoms with van der Waals surface area (Å²) in [7, 11) is -3.09. The maximum atomic E-state index is 12.0. The van der Waals surface area contributed by atoms with Gasteiger partial charge in [0.15, 0.2) is 27.2 Å². The van der Waals surface area contributed by atoms with E-state index in [0.717, 1.165) is 0 Å². The lowest BCUT2D eigenvalue weighted by Gasteiger charge is -2.06. The van der Waals surface area contributed by atoms with Crippen molar-refractivity contribution in [2.75, 3.05) is 18.3 Å². The van der Waals surface area contributed by atoms with Crippen molar-refractivity contribution in [1.29, 1.82) is 0 Å². The molecule has 1 aromatic heterocycles. The third-order valence-corrected chi connectivity index (χ3v) is 5.88. The lowest BCUT2D eigenvalue weighted by molar-refractivity contribution is -0.124. The molecule has 0 aliphatic carbocycles. The Kier molecular flexibility index (Phi) is 3.83. The highest BCUT2D eigenvalue weighted by atomic mass is 32.2. The van der Waals surface area contributed by atoms with Gasteiger partial charge in [-0.05, 0) is 24.6 Å². The van der Waals surface area contributed by atoms with Gasteiger partial charge in [-0.15, -0.1) is 0 Å². The largest absolute Gasteiger partial charge is 0.454 e. The van der Waals surface area contributed by atoms with Gasteiger partial charge >= 0.3 is 0 Å². The number of nitrogens with one attached hydrogen (secondary N) is 1. The minimum absolute atomic E-state index is 0.0571. The third kappa shape index (κ3) is 3.29. The molecule has 25 heavy (non-hydrogen) atoms. The second-order valence-electron chi connectivity index (χ2n) is 5.90. The van der Waals surface area contributed by atoms with Gasteiger partial charge in [-0.1, -0.05) is 5.16 Å². The molecule has 1 amide bonds. The van der Waals surface area contributed by atoms with E-state index in [1.807, 2.05) is 0 Å².